The van der Waals surface area contributed by atoms with Crippen LogP contribution in [0, 0.1) is 19.3 Å². The summed E-state index contributed by atoms with van der Waals surface area (Å²) in [6, 6.07) is 20.0. The van der Waals surface area contributed by atoms with Crippen molar-refractivity contribution < 1.29 is 0 Å². The number of aryl methyl sites for hydroxylation is 2. The molecule has 1 nitrogen and oxygen atoms in total. The monoisotopic (exact) mass is 533 g/mol. The largest absolute Gasteiger partial charge is 0.300 e. The molecule has 4 aromatic carbocycles. The van der Waals surface area contributed by atoms with E-state index in [4.69, 9.17) is 5.41 Å². The Bertz CT molecular complexity index is 1960. The molecule has 2 aliphatic carbocycles. The molecule has 2 aliphatic rings. The van der Waals surface area contributed by atoms with Gasteiger partial charge in [-0.25, -0.2) is 0 Å². The molecular formula is C40H39N. The first-order valence-corrected chi connectivity index (χ1v) is 15.1. The van der Waals surface area contributed by atoms with E-state index in [1.165, 1.54) is 65.4 Å². The molecule has 0 atom stereocenters. The number of nitrogens with one attached hydrogen (secondary N) is 1. The van der Waals surface area contributed by atoms with Crippen molar-refractivity contribution >= 4 is 50.6 Å². The lowest BCUT2D eigenvalue weighted by molar-refractivity contribution is 1.02. The zero-order chi connectivity index (χ0) is 28.5. The Morgan fingerprint density at radius 1 is 0.854 bits per heavy atom. The lowest BCUT2D eigenvalue weighted by Gasteiger charge is -2.21. The molecule has 1 N–H and O–H groups in total. The van der Waals surface area contributed by atoms with Crippen molar-refractivity contribution in [2.24, 2.45) is 0 Å². The van der Waals surface area contributed by atoms with Crippen LogP contribution in [0.5, 0.6) is 0 Å². The highest BCUT2D eigenvalue weighted by Crippen LogP contribution is 2.36. The molecule has 0 heterocycles. The van der Waals surface area contributed by atoms with Crippen molar-refractivity contribution in [3.05, 3.63) is 129 Å². The molecule has 0 amide bonds. The molecule has 0 saturated carbocycles. The number of hydrogen-bond donors (Lipinski definition) is 1. The third-order valence-corrected chi connectivity index (χ3v) is 8.79. The highest BCUT2D eigenvalue weighted by atomic mass is 14.4. The van der Waals surface area contributed by atoms with Gasteiger partial charge in [0.2, 0.25) is 0 Å². The lowest BCUT2D eigenvalue weighted by Crippen LogP contribution is -2.31. The van der Waals surface area contributed by atoms with Gasteiger partial charge in [-0.3, -0.25) is 5.41 Å². The van der Waals surface area contributed by atoms with Gasteiger partial charge in [0.05, 0.1) is 5.71 Å². The van der Waals surface area contributed by atoms with E-state index in [0.29, 0.717) is 5.71 Å². The van der Waals surface area contributed by atoms with Crippen molar-refractivity contribution in [1.29, 1.82) is 5.41 Å². The molecule has 41 heavy (non-hydrogen) atoms. The van der Waals surface area contributed by atoms with Crippen molar-refractivity contribution in [3.63, 3.8) is 0 Å². The molecule has 0 bridgehead atoms. The van der Waals surface area contributed by atoms with Crippen molar-refractivity contribution in [2.75, 3.05) is 0 Å². The fourth-order valence-corrected chi connectivity index (χ4v) is 6.67. The van der Waals surface area contributed by atoms with Gasteiger partial charge in [0.25, 0.3) is 0 Å². The van der Waals surface area contributed by atoms with E-state index in [1.807, 2.05) is 0 Å². The molecule has 4 aromatic rings. The SMILES string of the molecule is C/C=C/C1=c2c(c3ccccc3c3c(C4=CC=C(C(=N)c5ccc(C)c(/C=C\CC)c5)CC4)ccc(C)c23)=CCC1. The molecule has 0 radical (unpaired) electrons. The van der Waals surface area contributed by atoms with Crippen LogP contribution in [-0.4, -0.2) is 5.71 Å². The van der Waals surface area contributed by atoms with Crippen LogP contribution in [0.25, 0.3) is 44.8 Å². The van der Waals surface area contributed by atoms with Crippen LogP contribution in [0.15, 0.2) is 90.6 Å². The Morgan fingerprint density at radius 2 is 1.66 bits per heavy atom. The summed E-state index contributed by atoms with van der Waals surface area (Å²) in [4.78, 5) is 0. The number of fused-ring (bicyclic) bond motifs is 6. The Kier molecular flexibility index (Phi) is 7.45. The summed E-state index contributed by atoms with van der Waals surface area (Å²) in [5, 5.41) is 17.3. The van der Waals surface area contributed by atoms with Gasteiger partial charge < -0.3 is 0 Å². The first kappa shape index (κ1) is 27.0. The molecule has 0 fully saturated rings. The molecule has 0 spiro atoms. The van der Waals surface area contributed by atoms with Gasteiger partial charge in [-0.15, -0.1) is 0 Å². The van der Waals surface area contributed by atoms with Crippen LogP contribution in [0.1, 0.15) is 73.8 Å². The van der Waals surface area contributed by atoms with Gasteiger partial charge in [-0.1, -0.05) is 98.0 Å². The summed E-state index contributed by atoms with van der Waals surface area (Å²) < 4.78 is 0. The van der Waals surface area contributed by atoms with Crippen molar-refractivity contribution in [1.82, 2.24) is 0 Å². The van der Waals surface area contributed by atoms with E-state index >= 15 is 0 Å². The highest BCUT2D eigenvalue weighted by molar-refractivity contribution is 6.15. The minimum atomic E-state index is 0.640. The van der Waals surface area contributed by atoms with Gasteiger partial charge >= 0.3 is 0 Å². The van der Waals surface area contributed by atoms with E-state index < -0.39 is 0 Å². The zero-order valence-electron chi connectivity index (χ0n) is 24.8. The maximum Gasteiger partial charge on any atom is 0.0644 e. The summed E-state index contributed by atoms with van der Waals surface area (Å²) in [7, 11) is 0. The van der Waals surface area contributed by atoms with E-state index in [0.717, 1.165) is 43.2 Å². The summed E-state index contributed by atoms with van der Waals surface area (Å²) >= 11 is 0. The molecule has 204 valence electrons. The predicted octanol–water partition coefficient (Wildman–Crippen LogP) is 9.51. The number of allylic oxidation sites excluding steroid dienone is 7. The van der Waals surface area contributed by atoms with Crippen molar-refractivity contribution in [2.45, 2.75) is 59.8 Å². The molecule has 0 unspecified atom stereocenters. The van der Waals surface area contributed by atoms with Gasteiger partial charge in [-0.2, -0.15) is 0 Å². The average molecular weight is 534 g/mol. The smallest absolute Gasteiger partial charge is 0.0644 e. The maximum atomic E-state index is 9.04. The normalized spacial score (nSPS) is 15.4. The molecule has 0 aliphatic heterocycles. The van der Waals surface area contributed by atoms with Gasteiger partial charge in [0.1, 0.15) is 0 Å². The molecule has 0 aromatic heterocycles. The fraction of sp³-hybridized carbons (Fsp3) is 0.225. The second-order valence-electron chi connectivity index (χ2n) is 11.4. The average Bonchev–Trinajstić information content (AvgIpc) is 3.01. The fourth-order valence-electron chi connectivity index (χ4n) is 6.67. The van der Waals surface area contributed by atoms with E-state index in [2.05, 4.69) is 125 Å². The second kappa shape index (κ2) is 11.3. The first-order chi connectivity index (χ1) is 20.0. The minimum absolute atomic E-state index is 0.640. The van der Waals surface area contributed by atoms with Gasteiger partial charge in [0.15, 0.2) is 0 Å². The molecular weight excluding hydrogens is 494 g/mol. The predicted molar refractivity (Wildman–Crippen MR) is 180 cm³/mol. The zero-order valence-corrected chi connectivity index (χ0v) is 24.8. The third kappa shape index (κ3) is 4.84. The van der Waals surface area contributed by atoms with Crippen LogP contribution in [0.2, 0.25) is 0 Å². The number of rotatable bonds is 6. The topological polar surface area (TPSA) is 23.9 Å². The summed E-state index contributed by atoms with van der Waals surface area (Å²) in [6.45, 7) is 8.69. The van der Waals surface area contributed by atoms with Crippen LogP contribution in [0.4, 0.5) is 0 Å². The van der Waals surface area contributed by atoms with Gasteiger partial charge in [0, 0.05) is 5.56 Å². The number of hydrogen-bond acceptors (Lipinski definition) is 1. The lowest BCUT2D eigenvalue weighted by atomic mass is 9.83. The highest BCUT2D eigenvalue weighted by Gasteiger charge is 2.19. The summed E-state index contributed by atoms with van der Waals surface area (Å²) in [6.07, 6.45) is 20.8. The third-order valence-electron chi connectivity index (χ3n) is 8.79. The standard InChI is InChI=1S/C40H39N/c1-5-7-12-31-25-32(19-17-26(31)3)40(41)30-22-20-28(21-23-30)33-24-18-27(4)37-38-29(11-6-2)13-10-16-35(38)34-14-8-9-15-36(34)39(33)37/h6-9,11-12,14-20,22,24-25,41H,5,10,13,21,23H2,1-4H3/b11-6+,12-7-,41-40?. The molecule has 6 rings (SSSR count). The first-order valence-electron chi connectivity index (χ1n) is 15.1. The van der Waals surface area contributed by atoms with Crippen LogP contribution in [0.3, 0.4) is 0 Å². The Balaban J connectivity index is 1.51. The number of benzene rings is 4. The Labute approximate surface area is 244 Å². The summed E-state index contributed by atoms with van der Waals surface area (Å²) in [5.41, 5.74) is 10.7. The minimum Gasteiger partial charge on any atom is -0.300 e. The van der Waals surface area contributed by atoms with E-state index in [1.54, 1.807) is 0 Å². The van der Waals surface area contributed by atoms with Gasteiger partial charge in [-0.05, 0) is 130 Å². The second-order valence-corrected chi connectivity index (χ2v) is 11.4. The maximum absolute atomic E-state index is 9.04. The quantitative estimate of drug-likeness (QED) is 0.188. The van der Waals surface area contributed by atoms with Crippen LogP contribution in [-0.2, 0) is 0 Å². The van der Waals surface area contributed by atoms with E-state index in [-0.39, 0.29) is 0 Å². The summed E-state index contributed by atoms with van der Waals surface area (Å²) in [5.74, 6) is 0. The van der Waals surface area contributed by atoms with Crippen LogP contribution >= 0.6 is 0 Å². The van der Waals surface area contributed by atoms with E-state index in [9.17, 15) is 0 Å². The Hall–Kier alpha value is -4.23. The van der Waals surface area contributed by atoms with Crippen molar-refractivity contribution in [3.8, 4) is 0 Å². The van der Waals surface area contributed by atoms with Crippen LogP contribution < -0.4 is 10.4 Å². The molecule has 1 heteroatoms. The molecule has 0 saturated heterocycles. The Morgan fingerprint density at radius 3 is 2.41 bits per heavy atom.